The molecule has 0 bridgehead atoms. The Balaban J connectivity index is 2.30. The number of rotatable bonds is 8. The second-order valence-corrected chi connectivity index (χ2v) is 5.34. The van der Waals surface area contributed by atoms with Gasteiger partial charge >= 0.3 is 0 Å². The molecule has 3 nitrogen and oxygen atoms in total. The lowest BCUT2D eigenvalue weighted by Gasteiger charge is -2.12. The van der Waals surface area contributed by atoms with Crippen molar-refractivity contribution in [3.63, 3.8) is 0 Å². The molecule has 0 saturated carbocycles. The van der Waals surface area contributed by atoms with Gasteiger partial charge in [-0.3, -0.25) is 0 Å². The maximum Gasteiger partial charge on any atom is 0.122 e. The summed E-state index contributed by atoms with van der Waals surface area (Å²) in [5.74, 6) is 1.54. The molecule has 0 aromatic heterocycles. The molecular formula is C16H26O3. The smallest absolute Gasteiger partial charge is 0.122 e. The third kappa shape index (κ3) is 6.08. The Morgan fingerprint density at radius 2 is 1.84 bits per heavy atom. The minimum Gasteiger partial charge on any atom is -0.491 e. The Morgan fingerprint density at radius 3 is 2.42 bits per heavy atom. The molecule has 1 atom stereocenters. The Hall–Kier alpha value is -1.06. The van der Waals surface area contributed by atoms with E-state index in [1.54, 1.807) is 6.92 Å². The first-order valence-corrected chi connectivity index (χ1v) is 7.00. The average molecular weight is 266 g/mol. The van der Waals surface area contributed by atoms with Gasteiger partial charge in [0.05, 0.1) is 12.7 Å². The fraction of sp³-hybridized carbons (Fsp3) is 0.625. The second kappa shape index (κ2) is 8.18. The summed E-state index contributed by atoms with van der Waals surface area (Å²) in [5.41, 5.74) is 1.96. The zero-order chi connectivity index (χ0) is 14.3. The van der Waals surface area contributed by atoms with Crippen molar-refractivity contribution in [1.82, 2.24) is 0 Å². The van der Waals surface area contributed by atoms with E-state index in [-0.39, 0.29) is 0 Å². The fourth-order valence-corrected chi connectivity index (χ4v) is 1.73. The van der Waals surface area contributed by atoms with E-state index in [0.717, 1.165) is 29.9 Å². The van der Waals surface area contributed by atoms with Crippen molar-refractivity contribution >= 4 is 0 Å². The van der Waals surface area contributed by atoms with E-state index in [9.17, 15) is 5.11 Å². The topological polar surface area (TPSA) is 38.7 Å². The molecule has 3 heteroatoms. The van der Waals surface area contributed by atoms with Gasteiger partial charge in [0.1, 0.15) is 12.4 Å². The zero-order valence-electron chi connectivity index (χ0n) is 12.5. The SMILES string of the molecule is Cc1cc([C@@H](C)O)ccc1OCCOCCC(C)C. The van der Waals surface area contributed by atoms with Gasteiger partial charge in [-0.1, -0.05) is 19.9 Å². The van der Waals surface area contributed by atoms with Crippen LogP contribution in [-0.2, 0) is 4.74 Å². The van der Waals surface area contributed by atoms with Crippen molar-refractivity contribution < 1.29 is 14.6 Å². The summed E-state index contributed by atoms with van der Waals surface area (Å²) in [6.07, 6.45) is 0.648. The summed E-state index contributed by atoms with van der Waals surface area (Å²) in [6, 6.07) is 5.76. The van der Waals surface area contributed by atoms with Crippen LogP contribution in [0, 0.1) is 12.8 Å². The van der Waals surface area contributed by atoms with Crippen LogP contribution >= 0.6 is 0 Å². The summed E-state index contributed by atoms with van der Waals surface area (Å²) in [7, 11) is 0. The standard InChI is InChI=1S/C16H26O3/c1-12(2)7-8-18-9-10-19-16-6-5-15(14(4)17)11-13(16)3/h5-6,11-12,14,17H,7-10H2,1-4H3/t14-/m1/s1. The van der Waals surface area contributed by atoms with E-state index < -0.39 is 6.10 Å². The van der Waals surface area contributed by atoms with Gasteiger partial charge in [-0.2, -0.15) is 0 Å². The third-order valence-corrected chi connectivity index (χ3v) is 3.01. The van der Waals surface area contributed by atoms with Crippen LogP contribution in [0.4, 0.5) is 0 Å². The number of hydrogen-bond acceptors (Lipinski definition) is 3. The molecule has 19 heavy (non-hydrogen) atoms. The van der Waals surface area contributed by atoms with Crippen LogP contribution in [0.3, 0.4) is 0 Å². The molecule has 0 fully saturated rings. The van der Waals surface area contributed by atoms with Crippen molar-refractivity contribution in [3.8, 4) is 5.75 Å². The van der Waals surface area contributed by atoms with Gasteiger partial charge in [-0.05, 0) is 49.4 Å². The van der Waals surface area contributed by atoms with E-state index in [4.69, 9.17) is 9.47 Å². The average Bonchev–Trinajstić information content (AvgIpc) is 2.34. The minimum atomic E-state index is -0.438. The van der Waals surface area contributed by atoms with Gasteiger partial charge in [0.25, 0.3) is 0 Å². The molecule has 0 unspecified atom stereocenters. The summed E-state index contributed by atoms with van der Waals surface area (Å²) < 4.78 is 11.2. The zero-order valence-corrected chi connectivity index (χ0v) is 12.5. The maximum atomic E-state index is 9.50. The van der Waals surface area contributed by atoms with Crippen molar-refractivity contribution in [1.29, 1.82) is 0 Å². The second-order valence-electron chi connectivity index (χ2n) is 5.34. The highest BCUT2D eigenvalue weighted by atomic mass is 16.5. The summed E-state index contributed by atoms with van der Waals surface area (Å²) >= 11 is 0. The number of benzene rings is 1. The van der Waals surface area contributed by atoms with Crippen molar-refractivity contribution in [3.05, 3.63) is 29.3 Å². The monoisotopic (exact) mass is 266 g/mol. The van der Waals surface area contributed by atoms with Gasteiger partial charge in [-0.25, -0.2) is 0 Å². The molecule has 108 valence electrons. The lowest BCUT2D eigenvalue weighted by atomic mass is 10.1. The van der Waals surface area contributed by atoms with Crippen molar-refractivity contribution in [2.75, 3.05) is 19.8 Å². The quantitative estimate of drug-likeness (QED) is 0.732. The predicted molar refractivity (Wildman–Crippen MR) is 77.6 cm³/mol. The molecule has 0 aliphatic heterocycles. The van der Waals surface area contributed by atoms with Crippen molar-refractivity contribution in [2.45, 2.75) is 40.2 Å². The van der Waals surface area contributed by atoms with Gasteiger partial charge in [0, 0.05) is 6.61 Å². The molecule has 0 heterocycles. The molecule has 0 radical (unpaired) electrons. The first kappa shape index (κ1) is 16.0. The molecular weight excluding hydrogens is 240 g/mol. The normalized spacial score (nSPS) is 12.7. The predicted octanol–water partition coefficient (Wildman–Crippen LogP) is 3.49. The van der Waals surface area contributed by atoms with Crippen LogP contribution in [-0.4, -0.2) is 24.9 Å². The third-order valence-electron chi connectivity index (χ3n) is 3.01. The molecule has 1 aromatic rings. The van der Waals surface area contributed by atoms with E-state index in [0.29, 0.717) is 19.1 Å². The van der Waals surface area contributed by atoms with E-state index >= 15 is 0 Å². The molecule has 1 N–H and O–H groups in total. The Bertz CT molecular complexity index is 372. The molecule has 1 aromatic carbocycles. The number of ether oxygens (including phenoxy) is 2. The Kier molecular flexibility index (Phi) is 6.89. The Labute approximate surface area is 116 Å². The first-order valence-electron chi connectivity index (χ1n) is 7.00. The largest absolute Gasteiger partial charge is 0.491 e. The highest BCUT2D eigenvalue weighted by molar-refractivity contribution is 5.36. The van der Waals surface area contributed by atoms with Gasteiger partial charge in [0.2, 0.25) is 0 Å². The summed E-state index contributed by atoms with van der Waals surface area (Å²) in [5, 5.41) is 9.50. The van der Waals surface area contributed by atoms with Crippen LogP contribution in [0.5, 0.6) is 5.75 Å². The molecule has 0 spiro atoms. The van der Waals surface area contributed by atoms with E-state index in [1.165, 1.54) is 0 Å². The van der Waals surface area contributed by atoms with Gasteiger partial charge < -0.3 is 14.6 Å². The Morgan fingerprint density at radius 1 is 1.11 bits per heavy atom. The molecule has 0 aliphatic carbocycles. The molecule has 0 amide bonds. The van der Waals surface area contributed by atoms with E-state index in [2.05, 4.69) is 13.8 Å². The maximum absolute atomic E-state index is 9.50. The highest BCUT2D eigenvalue weighted by Crippen LogP contribution is 2.22. The van der Waals surface area contributed by atoms with Crippen LogP contribution in [0.1, 0.15) is 44.4 Å². The van der Waals surface area contributed by atoms with Crippen LogP contribution < -0.4 is 4.74 Å². The van der Waals surface area contributed by atoms with Crippen LogP contribution in [0.2, 0.25) is 0 Å². The van der Waals surface area contributed by atoms with Crippen molar-refractivity contribution in [2.24, 2.45) is 5.92 Å². The lowest BCUT2D eigenvalue weighted by Crippen LogP contribution is -2.09. The molecule has 0 saturated heterocycles. The van der Waals surface area contributed by atoms with Crippen LogP contribution in [0.15, 0.2) is 18.2 Å². The fourth-order valence-electron chi connectivity index (χ4n) is 1.73. The number of hydrogen-bond donors (Lipinski definition) is 1. The van der Waals surface area contributed by atoms with E-state index in [1.807, 2.05) is 25.1 Å². The summed E-state index contributed by atoms with van der Waals surface area (Å²) in [6.45, 7) is 10.1. The lowest BCUT2D eigenvalue weighted by molar-refractivity contribution is 0.0923. The van der Waals surface area contributed by atoms with Gasteiger partial charge in [-0.15, -0.1) is 0 Å². The molecule has 0 aliphatic rings. The highest BCUT2D eigenvalue weighted by Gasteiger charge is 2.05. The number of aliphatic hydroxyl groups excluding tert-OH is 1. The van der Waals surface area contributed by atoms with Gasteiger partial charge in [0.15, 0.2) is 0 Å². The first-order chi connectivity index (χ1) is 9.00. The number of aryl methyl sites for hydroxylation is 1. The summed E-state index contributed by atoms with van der Waals surface area (Å²) in [4.78, 5) is 0. The van der Waals surface area contributed by atoms with Crippen LogP contribution in [0.25, 0.3) is 0 Å². The molecule has 1 rings (SSSR count). The minimum absolute atomic E-state index is 0.438. The number of aliphatic hydroxyl groups is 1.